The summed E-state index contributed by atoms with van der Waals surface area (Å²) >= 11 is 6.00. The van der Waals surface area contributed by atoms with Crippen molar-refractivity contribution in [3.05, 3.63) is 28.8 Å². The zero-order valence-corrected chi connectivity index (χ0v) is 14.2. The zero-order chi connectivity index (χ0) is 16.2. The molecule has 1 saturated heterocycles. The summed E-state index contributed by atoms with van der Waals surface area (Å²) in [7, 11) is 0. The monoisotopic (exact) mass is 336 g/mol. The van der Waals surface area contributed by atoms with Gasteiger partial charge in [-0.05, 0) is 57.0 Å². The largest absolute Gasteiger partial charge is 0.508 e. The molecule has 2 N–H and O–H groups in total. The number of carbonyl (C=O) groups excluding carboxylic acids is 1. The second kappa shape index (κ2) is 7.54. The molecule has 0 radical (unpaired) electrons. The van der Waals surface area contributed by atoms with Gasteiger partial charge < -0.3 is 10.4 Å². The van der Waals surface area contributed by atoms with Gasteiger partial charge in [0.15, 0.2) is 0 Å². The predicted molar refractivity (Wildman–Crippen MR) is 91.5 cm³/mol. The Morgan fingerprint density at radius 2 is 1.91 bits per heavy atom. The average Bonchev–Trinajstić information content (AvgIpc) is 3.04. The van der Waals surface area contributed by atoms with Gasteiger partial charge in [-0.2, -0.15) is 0 Å². The first-order chi connectivity index (χ1) is 11.1. The van der Waals surface area contributed by atoms with Gasteiger partial charge in [-0.15, -0.1) is 0 Å². The molecule has 2 fully saturated rings. The number of nitrogens with zero attached hydrogens (tertiary/aromatic N) is 1. The minimum Gasteiger partial charge on any atom is -0.508 e. The van der Waals surface area contributed by atoms with E-state index in [2.05, 4.69) is 10.2 Å². The highest BCUT2D eigenvalue weighted by atomic mass is 35.5. The number of carbonyl (C=O) groups is 1. The number of hydrogen-bond donors (Lipinski definition) is 2. The summed E-state index contributed by atoms with van der Waals surface area (Å²) in [4.78, 5) is 14.6. The van der Waals surface area contributed by atoms with Crippen LogP contribution in [0.4, 0.5) is 0 Å². The summed E-state index contributed by atoms with van der Waals surface area (Å²) in [5, 5.41) is 13.8. The van der Waals surface area contributed by atoms with Crippen molar-refractivity contribution in [2.24, 2.45) is 5.92 Å². The average molecular weight is 337 g/mol. The van der Waals surface area contributed by atoms with Gasteiger partial charge in [-0.1, -0.05) is 24.4 Å². The molecule has 1 aliphatic carbocycles. The van der Waals surface area contributed by atoms with E-state index < -0.39 is 0 Å². The number of aromatic hydroxyl groups is 1. The van der Waals surface area contributed by atoms with E-state index in [4.69, 9.17) is 11.6 Å². The fourth-order valence-corrected chi connectivity index (χ4v) is 3.86. The van der Waals surface area contributed by atoms with E-state index in [0.717, 1.165) is 44.3 Å². The molecule has 23 heavy (non-hydrogen) atoms. The Labute approximate surface area is 142 Å². The first-order valence-electron chi connectivity index (χ1n) is 8.62. The highest BCUT2D eigenvalue weighted by Crippen LogP contribution is 2.26. The maximum atomic E-state index is 12.3. The second-order valence-electron chi connectivity index (χ2n) is 6.81. The fraction of sp³-hybridized carbons (Fsp3) is 0.611. The van der Waals surface area contributed by atoms with Crippen molar-refractivity contribution in [1.82, 2.24) is 10.2 Å². The molecule has 3 rings (SSSR count). The van der Waals surface area contributed by atoms with E-state index in [9.17, 15) is 9.90 Å². The Balaban J connectivity index is 1.48. The summed E-state index contributed by atoms with van der Waals surface area (Å²) < 4.78 is 0. The van der Waals surface area contributed by atoms with Crippen LogP contribution in [-0.2, 0) is 11.3 Å². The molecule has 2 aliphatic rings. The fourth-order valence-electron chi connectivity index (χ4n) is 3.66. The molecule has 1 aromatic carbocycles. The third-order valence-electron chi connectivity index (χ3n) is 5.10. The molecule has 1 saturated carbocycles. The maximum Gasteiger partial charge on any atom is 0.223 e. The molecule has 1 heterocycles. The molecular formula is C18H25ClN2O2. The summed E-state index contributed by atoms with van der Waals surface area (Å²) in [5.41, 5.74) is 0.853. The first kappa shape index (κ1) is 16.6. The molecule has 0 unspecified atom stereocenters. The first-order valence-corrected chi connectivity index (χ1v) is 9.00. The van der Waals surface area contributed by atoms with Gasteiger partial charge in [0.05, 0.1) is 0 Å². The molecule has 1 aliphatic heterocycles. The van der Waals surface area contributed by atoms with Crippen LogP contribution in [0.25, 0.3) is 0 Å². The van der Waals surface area contributed by atoms with E-state index in [-0.39, 0.29) is 17.6 Å². The minimum atomic E-state index is 0.139. The molecule has 1 amide bonds. The molecule has 126 valence electrons. The van der Waals surface area contributed by atoms with E-state index in [1.54, 1.807) is 12.1 Å². The van der Waals surface area contributed by atoms with Gasteiger partial charge >= 0.3 is 0 Å². The summed E-state index contributed by atoms with van der Waals surface area (Å²) in [6, 6.07) is 5.55. The van der Waals surface area contributed by atoms with Crippen LogP contribution >= 0.6 is 11.6 Å². The van der Waals surface area contributed by atoms with E-state index in [1.807, 2.05) is 6.07 Å². The lowest BCUT2D eigenvalue weighted by Crippen LogP contribution is -2.43. The van der Waals surface area contributed by atoms with Crippen LogP contribution in [0.5, 0.6) is 5.75 Å². The predicted octanol–water partition coefficient (Wildman–Crippen LogP) is 3.32. The number of piperidine rings is 1. The van der Waals surface area contributed by atoms with Gasteiger partial charge in [0.25, 0.3) is 0 Å². The zero-order valence-electron chi connectivity index (χ0n) is 13.4. The lowest BCUT2D eigenvalue weighted by molar-refractivity contribution is -0.127. The number of benzene rings is 1. The minimum absolute atomic E-state index is 0.139. The van der Waals surface area contributed by atoms with Crippen molar-refractivity contribution < 1.29 is 9.90 Å². The molecule has 5 heteroatoms. The van der Waals surface area contributed by atoms with Crippen molar-refractivity contribution in [1.29, 1.82) is 0 Å². The van der Waals surface area contributed by atoms with Gasteiger partial charge in [-0.3, -0.25) is 9.69 Å². The van der Waals surface area contributed by atoms with Crippen molar-refractivity contribution in [2.75, 3.05) is 13.1 Å². The molecular weight excluding hydrogens is 312 g/mol. The normalized spacial score (nSPS) is 20.7. The molecule has 0 atom stereocenters. The number of hydrogen-bond acceptors (Lipinski definition) is 3. The quantitative estimate of drug-likeness (QED) is 0.886. The number of likely N-dealkylation sites (tertiary alicyclic amines) is 1. The van der Waals surface area contributed by atoms with Crippen LogP contribution in [0.15, 0.2) is 18.2 Å². The standard InChI is InChI=1S/C18H25ClN2O2/c19-15-5-6-17(22)14(11-15)12-21-9-7-13(8-10-21)18(23)20-16-3-1-2-4-16/h5-6,11,13,16,22H,1-4,7-10,12H2,(H,20,23). The van der Waals surface area contributed by atoms with Gasteiger partial charge in [0.1, 0.15) is 5.75 Å². The number of amides is 1. The van der Waals surface area contributed by atoms with Crippen LogP contribution in [-0.4, -0.2) is 35.0 Å². The summed E-state index contributed by atoms with van der Waals surface area (Å²) in [6.45, 7) is 2.45. The Hall–Kier alpha value is -1.26. The van der Waals surface area contributed by atoms with Crippen LogP contribution in [0.2, 0.25) is 5.02 Å². The summed E-state index contributed by atoms with van der Waals surface area (Å²) in [6.07, 6.45) is 6.54. The smallest absolute Gasteiger partial charge is 0.223 e. The van der Waals surface area contributed by atoms with E-state index >= 15 is 0 Å². The van der Waals surface area contributed by atoms with Crippen molar-refractivity contribution >= 4 is 17.5 Å². The van der Waals surface area contributed by atoms with Crippen LogP contribution in [0, 0.1) is 5.92 Å². The van der Waals surface area contributed by atoms with Crippen molar-refractivity contribution in [3.63, 3.8) is 0 Å². The molecule has 4 nitrogen and oxygen atoms in total. The lowest BCUT2D eigenvalue weighted by atomic mass is 9.95. The Morgan fingerprint density at radius 1 is 1.22 bits per heavy atom. The highest BCUT2D eigenvalue weighted by Gasteiger charge is 2.27. The number of phenols is 1. The van der Waals surface area contributed by atoms with Crippen molar-refractivity contribution in [3.8, 4) is 5.75 Å². The molecule has 0 bridgehead atoms. The SMILES string of the molecule is O=C(NC1CCCC1)C1CCN(Cc2cc(Cl)ccc2O)CC1. The Bertz CT molecular complexity index is 550. The molecule has 0 aromatic heterocycles. The highest BCUT2D eigenvalue weighted by molar-refractivity contribution is 6.30. The molecule has 0 spiro atoms. The summed E-state index contributed by atoms with van der Waals surface area (Å²) in [5.74, 6) is 0.664. The topological polar surface area (TPSA) is 52.6 Å². The Kier molecular flexibility index (Phi) is 5.44. The lowest BCUT2D eigenvalue weighted by Gasteiger charge is -2.32. The van der Waals surface area contributed by atoms with E-state index in [1.165, 1.54) is 12.8 Å². The van der Waals surface area contributed by atoms with Crippen LogP contribution in [0.3, 0.4) is 0 Å². The van der Waals surface area contributed by atoms with Crippen molar-refractivity contribution in [2.45, 2.75) is 51.1 Å². The van der Waals surface area contributed by atoms with Crippen LogP contribution < -0.4 is 5.32 Å². The van der Waals surface area contributed by atoms with Crippen LogP contribution in [0.1, 0.15) is 44.1 Å². The third kappa shape index (κ3) is 4.39. The Morgan fingerprint density at radius 3 is 2.61 bits per heavy atom. The van der Waals surface area contributed by atoms with Gasteiger partial charge in [-0.25, -0.2) is 0 Å². The van der Waals surface area contributed by atoms with E-state index in [0.29, 0.717) is 17.6 Å². The number of halogens is 1. The second-order valence-corrected chi connectivity index (χ2v) is 7.25. The van der Waals surface area contributed by atoms with Gasteiger partial charge in [0, 0.05) is 29.1 Å². The number of nitrogens with one attached hydrogen (secondary N) is 1. The molecule has 1 aromatic rings. The third-order valence-corrected chi connectivity index (χ3v) is 5.33. The van der Waals surface area contributed by atoms with Gasteiger partial charge in [0.2, 0.25) is 5.91 Å². The number of phenolic OH excluding ortho intramolecular Hbond substituents is 1. The maximum absolute atomic E-state index is 12.3. The number of rotatable bonds is 4.